The van der Waals surface area contributed by atoms with Crippen LogP contribution < -0.4 is 9.64 Å². The van der Waals surface area contributed by atoms with Gasteiger partial charge in [0.15, 0.2) is 0 Å². The first-order chi connectivity index (χ1) is 13.1. The van der Waals surface area contributed by atoms with Gasteiger partial charge in [0.05, 0.1) is 7.11 Å². The predicted molar refractivity (Wildman–Crippen MR) is 126 cm³/mol. The van der Waals surface area contributed by atoms with Crippen LogP contribution in [0.15, 0.2) is 6.07 Å². The standard InChI is InChI=1S/C10H17N3O.C3H8.C2H6.2H3O3PS/c1-5-13(6-2)9-7-8(3)11-10(12-9)14-4;1-3-2;1-2;2*1-4(2,3)5/h7H,5-6H2,1-4H3;3H2,1-2H3;1-2H3;2*(H3,1,2,3,5). The minimum absolute atomic E-state index is 0.437. The van der Waals surface area contributed by atoms with Gasteiger partial charge >= 0.3 is 19.4 Å². The van der Waals surface area contributed by atoms with E-state index in [1.807, 2.05) is 26.8 Å². The Morgan fingerprint density at radius 3 is 1.45 bits per heavy atom. The third kappa shape index (κ3) is 38.9. The van der Waals surface area contributed by atoms with E-state index in [2.05, 4.69) is 66.2 Å². The molecule has 14 heteroatoms. The molecule has 0 atom stereocenters. The Morgan fingerprint density at radius 2 is 1.21 bits per heavy atom. The molecule has 0 unspecified atom stereocenters. The minimum Gasteiger partial charge on any atom is -0.467 e. The van der Waals surface area contributed by atoms with Crippen LogP contribution in [0.4, 0.5) is 5.82 Å². The molecule has 1 aromatic rings. The first-order valence-electron chi connectivity index (χ1n) is 8.83. The third-order valence-corrected chi connectivity index (χ3v) is 2.09. The highest BCUT2D eigenvalue weighted by Crippen LogP contribution is 2.27. The van der Waals surface area contributed by atoms with Gasteiger partial charge in [0.1, 0.15) is 5.82 Å². The lowest BCUT2D eigenvalue weighted by Crippen LogP contribution is -2.23. The normalized spacial score (nSPS) is 9.72. The van der Waals surface area contributed by atoms with Crippen molar-refractivity contribution in [1.82, 2.24) is 9.97 Å². The maximum absolute atomic E-state index is 7.56. The van der Waals surface area contributed by atoms with Gasteiger partial charge in [-0.25, -0.2) is 4.98 Å². The highest BCUT2D eigenvalue weighted by Gasteiger charge is 2.06. The zero-order valence-electron chi connectivity index (χ0n) is 18.3. The molecule has 1 aromatic heterocycles. The van der Waals surface area contributed by atoms with Gasteiger partial charge in [0.25, 0.3) is 0 Å². The molecule has 0 saturated heterocycles. The molecular formula is C15H37N3O7P2S2. The van der Waals surface area contributed by atoms with Crippen molar-refractivity contribution < 1.29 is 34.1 Å². The predicted octanol–water partition coefficient (Wildman–Crippen LogP) is 2.46. The summed E-state index contributed by atoms with van der Waals surface area (Å²) in [6.07, 6.45) is 1.25. The number of anilines is 1. The van der Waals surface area contributed by atoms with Gasteiger partial charge in [-0.15, -0.1) is 0 Å². The van der Waals surface area contributed by atoms with Gasteiger partial charge in [0, 0.05) is 24.8 Å². The Bertz CT molecular complexity index is 561. The lowest BCUT2D eigenvalue weighted by atomic mass is 10.4. The molecule has 6 N–H and O–H groups in total. The molecule has 1 heterocycles. The Kier molecular flexibility index (Phi) is 26.2. The summed E-state index contributed by atoms with van der Waals surface area (Å²) in [5.74, 6) is 0.930. The van der Waals surface area contributed by atoms with Crippen molar-refractivity contribution in [3.63, 3.8) is 0 Å². The molecule has 0 aliphatic heterocycles. The average molecular weight is 498 g/mol. The maximum atomic E-state index is 7.56. The van der Waals surface area contributed by atoms with Crippen LogP contribution in [0, 0.1) is 6.92 Å². The van der Waals surface area contributed by atoms with E-state index in [0.717, 1.165) is 24.6 Å². The van der Waals surface area contributed by atoms with Crippen molar-refractivity contribution in [3.05, 3.63) is 11.8 Å². The molecule has 0 aliphatic rings. The van der Waals surface area contributed by atoms with Crippen molar-refractivity contribution in [1.29, 1.82) is 0 Å². The molecule has 29 heavy (non-hydrogen) atoms. The van der Waals surface area contributed by atoms with Gasteiger partial charge in [-0.05, 0) is 44.4 Å². The Hall–Kier alpha value is -0.260. The summed E-state index contributed by atoms with van der Waals surface area (Å²) in [4.78, 5) is 55.9. The van der Waals surface area contributed by atoms with Crippen molar-refractivity contribution in [2.24, 2.45) is 0 Å². The van der Waals surface area contributed by atoms with Crippen LogP contribution in [0.2, 0.25) is 0 Å². The Morgan fingerprint density at radius 1 is 0.897 bits per heavy atom. The van der Waals surface area contributed by atoms with Crippen LogP contribution in [0.1, 0.15) is 53.7 Å². The fourth-order valence-electron chi connectivity index (χ4n) is 1.33. The van der Waals surface area contributed by atoms with E-state index >= 15 is 0 Å². The van der Waals surface area contributed by atoms with Crippen LogP contribution in [-0.2, 0) is 23.6 Å². The van der Waals surface area contributed by atoms with Crippen molar-refractivity contribution >= 4 is 42.9 Å². The molecule has 0 fully saturated rings. The maximum Gasteiger partial charge on any atom is 0.319 e. The molecule has 10 nitrogen and oxygen atoms in total. The molecule has 0 saturated carbocycles. The highest BCUT2D eigenvalue weighted by molar-refractivity contribution is 8.06. The first-order valence-corrected chi connectivity index (χ1v) is 14.2. The zero-order valence-corrected chi connectivity index (χ0v) is 21.8. The molecule has 0 amide bonds. The number of hydrogen-bond donors (Lipinski definition) is 6. The number of aromatic nitrogens is 2. The molecule has 1 rings (SSSR count). The van der Waals surface area contributed by atoms with Crippen molar-refractivity contribution in [2.75, 3.05) is 25.1 Å². The second kappa shape index (κ2) is 21.0. The Labute approximate surface area is 184 Å². The van der Waals surface area contributed by atoms with E-state index in [-0.39, 0.29) is 0 Å². The minimum atomic E-state index is -3.81. The van der Waals surface area contributed by atoms with Crippen LogP contribution in [0.25, 0.3) is 0 Å². The number of ether oxygens (including phenoxy) is 1. The van der Waals surface area contributed by atoms with Crippen molar-refractivity contribution in [2.45, 2.75) is 54.9 Å². The summed E-state index contributed by atoms with van der Waals surface area (Å²) in [7, 11) is 1.58. The van der Waals surface area contributed by atoms with E-state index in [1.54, 1.807) is 7.11 Å². The summed E-state index contributed by atoms with van der Waals surface area (Å²) in [6.45, 7) is 8.67. The SMILES string of the molecule is CC.CCC.CCN(CC)c1cc(C)nc(OC)n1.OP(O)(O)=S.OP(O)(O)=S. The molecule has 0 bridgehead atoms. The second-order valence-corrected chi connectivity index (χ2v) is 9.75. The van der Waals surface area contributed by atoms with E-state index in [0.29, 0.717) is 6.01 Å². The molecule has 0 spiro atoms. The van der Waals surface area contributed by atoms with Crippen LogP contribution in [-0.4, -0.2) is 59.5 Å². The monoisotopic (exact) mass is 497 g/mol. The second-order valence-electron chi connectivity index (χ2n) is 4.76. The average Bonchev–Trinajstić information content (AvgIpc) is 2.55. The first kappa shape index (κ1) is 36.1. The smallest absolute Gasteiger partial charge is 0.319 e. The van der Waals surface area contributed by atoms with Crippen LogP contribution in [0.5, 0.6) is 6.01 Å². The fourth-order valence-corrected chi connectivity index (χ4v) is 1.33. The molecule has 0 aliphatic carbocycles. The largest absolute Gasteiger partial charge is 0.467 e. The van der Waals surface area contributed by atoms with Crippen molar-refractivity contribution in [3.8, 4) is 6.01 Å². The van der Waals surface area contributed by atoms with Gasteiger partial charge in [-0.2, -0.15) is 4.98 Å². The number of aryl methyl sites for hydroxylation is 1. The fraction of sp³-hybridized carbons (Fsp3) is 0.733. The highest BCUT2D eigenvalue weighted by atomic mass is 32.5. The van der Waals surface area contributed by atoms with Crippen LogP contribution >= 0.6 is 13.4 Å². The lowest BCUT2D eigenvalue weighted by molar-refractivity contribution is 0.361. The number of rotatable bonds is 4. The lowest BCUT2D eigenvalue weighted by Gasteiger charge is -2.20. The van der Waals surface area contributed by atoms with Gasteiger partial charge < -0.3 is 39.0 Å². The number of methoxy groups -OCH3 is 1. The van der Waals surface area contributed by atoms with Gasteiger partial charge in [-0.1, -0.05) is 34.1 Å². The van der Waals surface area contributed by atoms with E-state index in [1.165, 1.54) is 6.42 Å². The summed E-state index contributed by atoms with van der Waals surface area (Å²) in [5, 5.41) is 0. The Balaban J connectivity index is -0.000000173. The summed E-state index contributed by atoms with van der Waals surface area (Å²) >= 11 is 7.21. The molecule has 0 radical (unpaired) electrons. The number of hydrogen-bond acceptors (Lipinski definition) is 6. The quantitative estimate of drug-likeness (QED) is 0.338. The summed E-state index contributed by atoms with van der Waals surface area (Å²) in [6, 6.07) is 2.40. The number of nitrogens with zero attached hydrogens (tertiary/aromatic N) is 3. The molecule has 176 valence electrons. The van der Waals surface area contributed by atoms with E-state index < -0.39 is 13.4 Å². The molecular weight excluding hydrogens is 460 g/mol. The summed E-state index contributed by atoms with van der Waals surface area (Å²) in [5.41, 5.74) is 0.929. The van der Waals surface area contributed by atoms with Crippen LogP contribution in [0.3, 0.4) is 0 Å². The zero-order chi connectivity index (χ0) is 24.3. The van der Waals surface area contributed by atoms with Gasteiger partial charge in [0.2, 0.25) is 0 Å². The topological polar surface area (TPSA) is 160 Å². The van der Waals surface area contributed by atoms with E-state index in [9.17, 15) is 0 Å². The van der Waals surface area contributed by atoms with Gasteiger partial charge in [-0.3, -0.25) is 0 Å². The van der Waals surface area contributed by atoms with E-state index in [4.69, 9.17) is 34.1 Å². The third-order valence-electron chi connectivity index (χ3n) is 2.09. The molecule has 0 aromatic carbocycles. The summed E-state index contributed by atoms with van der Waals surface area (Å²) < 4.78 is 5.03.